The van der Waals surface area contributed by atoms with E-state index in [0.717, 1.165) is 67.7 Å². The van der Waals surface area contributed by atoms with Gasteiger partial charge in [0.15, 0.2) is 0 Å². The van der Waals surface area contributed by atoms with Gasteiger partial charge in [0.05, 0.1) is 24.8 Å². The lowest BCUT2D eigenvalue weighted by molar-refractivity contribution is 0.00467. The summed E-state index contributed by atoms with van der Waals surface area (Å²) in [5, 5.41) is 5.21. The van der Waals surface area contributed by atoms with Crippen molar-refractivity contribution in [1.29, 1.82) is 0 Å². The van der Waals surface area contributed by atoms with Crippen LogP contribution in [0.1, 0.15) is 24.0 Å². The van der Waals surface area contributed by atoms with Crippen molar-refractivity contribution in [1.82, 2.24) is 14.8 Å². The molecular formula is C26H33ClFN3O2. The molecule has 0 amide bonds. The number of halogens is 2. The predicted octanol–water partition coefficient (Wildman–Crippen LogP) is 4.70. The molecule has 1 aliphatic rings. The summed E-state index contributed by atoms with van der Waals surface area (Å²) in [6.45, 7) is 6.60. The summed E-state index contributed by atoms with van der Waals surface area (Å²) < 4.78 is 27.7. The Morgan fingerprint density at radius 2 is 1.88 bits per heavy atom. The molecule has 7 heteroatoms. The first-order valence-electron chi connectivity index (χ1n) is 11.7. The van der Waals surface area contributed by atoms with Gasteiger partial charge < -0.3 is 24.3 Å². The lowest BCUT2D eigenvalue weighted by atomic mass is 10.1. The lowest BCUT2D eigenvalue weighted by Gasteiger charge is -2.31. The molecule has 3 aromatic rings. The second kappa shape index (κ2) is 12.0. The van der Waals surface area contributed by atoms with Crippen LogP contribution in [0.25, 0.3) is 10.9 Å². The van der Waals surface area contributed by atoms with Gasteiger partial charge in [-0.25, -0.2) is 4.39 Å². The van der Waals surface area contributed by atoms with Crippen molar-refractivity contribution in [2.24, 2.45) is 0 Å². The third kappa shape index (κ3) is 6.78. The SMILES string of the molecule is COCCN1CCC(OCCNCc2cc(F)cc3c2ccn3Cc2ccc(Cl)cc2)CC1. The highest BCUT2D eigenvalue weighted by Crippen LogP contribution is 2.24. The summed E-state index contributed by atoms with van der Waals surface area (Å²) in [6, 6.07) is 13.1. The van der Waals surface area contributed by atoms with Crippen LogP contribution >= 0.6 is 11.6 Å². The number of hydrogen-bond donors (Lipinski definition) is 1. The van der Waals surface area contributed by atoms with Crippen LogP contribution in [-0.4, -0.2) is 62.1 Å². The molecule has 178 valence electrons. The molecule has 1 fully saturated rings. The van der Waals surface area contributed by atoms with Crippen LogP contribution in [0.4, 0.5) is 4.39 Å². The molecule has 2 heterocycles. The number of piperidine rings is 1. The molecule has 1 aromatic heterocycles. The Bertz CT molecular complexity index is 1020. The van der Waals surface area contributed by atoms with Gasteiger partial charge in [0, 0.05) is 63.0 Å². The number of ether oxygens (including phenoxy) is 2. The summed E-state index contributed by atoms with van der Waals surface area (Å²) in [7, 11) is 1.74. The van der Waals surface area contributed by atoms with Crippen molar-refractivity contribution < 1.29 is 13.9 Å². The molecule has 1 saturated heterocycles. The van der Waals surface area contributed by atoms with E-state index in [1.165, 1.54) is 0 Å². The Balaban J connectivity index is 1.26. The Labute approximate surface area is 200 Å². The summed E-state index contributed by atoms with van der Waals surface area (Å²) >= 11 is 5.99. The topological polar surface area (TPSA) is 38.7 Å². The first-order valence-corrected chi connectivity index (χ1v) is 12.1. The van der Waals surface area contributed by atoms with E-state index in [2.05, 4.69) is 20.9 Å². The molecule has 0 bridgehead atoms. The smallest absolute Gasteiger partial charge is 0.125 e. The number of fused-ring (bicyclic) bond motifs is 1. The number of rotatable bonds is 11. The van der Waals surface area contributed by atoms with Crippen molar-refractivity contribution in [2.75, 3.05) is 46.5 Å². The maximum atomic E-state index is 14.4. The number of nitrogens with zero attached hydrogens (tertiary/aromatic N) is 2. The van der Waals surface area contributed by atoms with E-state index in [1.807, 2.05) is 30.5 Å². The Hall–Kier alpha value is -1.96. The number of nitrogens with one attached hydrogen (secondary N) is 1. The van der Waals surface area contributed by atoms with Crippen molar-refractivity contribution in [2.45, 2.75) is 32.0 Å². The molecule has 0 unspecified atom stereocenters. The first-order chi connectivity index (χ1) is 16.1. The standard InChI is InChI=1S/C26H33ClFN3O2/c1-32-15-13-30-10-6-24(7-11-30)33-14-9-29-18-21-16-23(28)17-26-25(21)8-12-31(26)19-20-2-4-22(27)5-3-20/h2-5,8,12,16-17,24,29H,6-7,9-11,13-15,18-19H2,1H3. The highest BCUT2D eigenvalue weighted by Gasteiger charge is 2.19. The highest BCUT2D eigenvalue weighted by atomic mass is 35.5. The molecule has 33 heavy (non-hydrogen) atoms. The third-order valence-corrected chi connectivity index (χ3v) is 6.55. The van der Waals surface area contributed by atoms with Crippen molar-refractivity contribution >= 4 is 22.5 Å². The van der Waals surface area contributed by atoms with Crippen molar-refractivity contribution in [3.8, 4) is 0 Å². The fourth-order valence-electron chi connectivity index (χ4n) is 4.44. The quantitative estimate of drug-likeness (QED) is 0.410. The summed E-state index contributed by atoms with van der Waals surface area (Å²) in [6.07, 6.45) is 4.48. The molecule has 0 spiro atoms. The summed E-state index contributed by atoms with van der Waals surface area (Å²) in [5.41, 5.74) is 2.99. The molecule has 1 N–H and O–H groups in total. The number of methoxy groups -OCH3 is 1. The fourth-order valence-corrected chi connectivity index (χ4v) is 4.57. The average Bonchev–Trinajstić information content (AvgIpc) is 3.22. The molecule has 5 nitrogen and oxygen atoms in total. The monoisotopic (exact) mass is 473 g/mol. The Morgan fingerprint density at radius 1 is 1.09 bits per heavy atom. The third-order valence-electron chi connectivity index (χ3n) is 6.30. The molecular weight excluding hydrogens is 441 g/mol. The van der Waals surface area contributed by atoms with Crippen LogP contribution in [0.3, 0.4) is 0 Å². The molecule has 2 aromatic carbocycles. The van der Waals surface area contributed by atoms with Crippen LogP contribution in [0.2, 0.25) is 5.02 Å². The van der Waals surface area contributed by atoms with Gasteiger partial charge in [-0.3, -0.25) is 0 Å². The first kappa shape index (κ1) is 24.2. The lowest BCUT2D eigenvalue weighted by Crippen LogP contribution is -2.39. The minimum absolute atomic E-state index is 0.216. The molecule has 4 rings (SSSR count). The predicted molar refractivity (Wildman–Crippen MR) is 131 cm³/mol. The van der Waals surface area contributed by atoms with E-state index in [9.17, 15) is 4.39 Å². The van der Waals surface area contributed by atoms with E-state index >= 15 is 0 Å². The number of hydrogen-bond acceptors (Lipinski definition) is 4. The van der Waals surface area contributed by atoms with Gasteiger partial charge in [0.1, 0.15) is 5.82 Å². The van der Waals surface area contributed by atoms with Crippen LogP contribution in [0.15, 0.2) is 48.7 Å². The van der Waals surface area contributed by atoms with E-state index in [0.29, 0.717) is 30.8 Å². The van der Waals surface area contributed by atoms with Crippen molar-refractivity contribution in [3.05, 3.63) is 70.6 Å². The van der Waals surface area contributed by atoms with Crippen LogP contribution in [0, 0.1) is 5.82 Å². The van der Waals surface area contributed by atoms with Gasteiger partial charge in [-0.2, -0.15) is 0 Å². The van der Waals surface area contributed by atoms with Crippen molar-refractivity contribution in [3.63, 3.8) is 0 Å². The number of aromatic nitrogens is 1. The molecule has 0 radical (unpaired) electrons. The Kier molecular flexibility index (Phi) is 8.75. The van der Waals surface area contributed by atoms with Crippen LogP contribution < -0.4 is 5.32 Å². The minimum Gasteiger partial charge on any atom is -0.383 e. The Morgan fingerprint density at radius 3 is 2.64 bits per heavy atom. The normalized spacial score (nSPS) is 15.5. The van der Waals surface area contributed by atoms with Gasteiger partial charge in [0.2, 0.25) is 0 Å². The highest BCUT2D eigenvalue weighted by molar-refractivity contribution is 6.30. The number of benzene rings is 2. The second-order valence-corrected chi connectivity index (χ2v) is 9.09. The zero-order valence-corrected chi connectivity index (χ0v) is 20.0. The van der Waals surface area contributed by atoms with Gasteiger partial charge in [-0.05, 0) is 54.3 Å². The molecule has 0 saturated carbocycles. The van der Waals surface area contributed by atoms with Gasteiger partial charge in [-0.15, -0.1) is 0 Å². The van der Waals surface area contributed by atoms with Crippen LogP contribution in [0.5, 0.6) is 0 Å². The van der Waals surface area contributed by atoms with E-state index in [-0.39, 0.29) is 5.82 Å². The number of likely N-dealkylation sites (tertiary alicyclic amines) is 1. The molecule has 1 aliphatic heterocycles. The van der Waals surface area contributed by atoms with E-state index in [1.54, 1.807) is 19.2 Å². The fraction of sp³-hybridized carbons (Fsp3) is 0.462. The second-order valence-electron chi connectivity index (χ2n) is 8.65. The maximum absolute atomic E-state index is 14.4. The van der Waals surface area contributed by atoms with Gasteiger partial charge in [0.25, 0.3) is 0 Å². The van der Waals surface area contributed by atoms with Gasteiger partial charge in [-0.1, -0.05) is 23.7 Å². The molecule has 0 atom stereocenters. The summed E-state index contributed by atoms with van der Waals surface area (Å²) in [4.78, 5) is 2.43. The van der Waals surface area contributed by atoms with Crippen LogP contribution in [-0.2, 0) is 22.6 Å². The zero-order valence-electron chi connectivity index (χ0n) is 19.2. The zero-order chi connectivity index (χ0) is 23.0. The largest absolute Gasteiger partial charge is 0.383 e. The van der Waals surface area contributed by atoms with Gasteiger partial charge >= 0.3 is 0 Å². The minimum atomic E-state index is -0.216. The molecule has 0 aliphatic carbocycles. The average molecular weight is 474 g/mol. The maximum Gasteiger partial charge on any atom is 0.125 e. The van der Waals surface area contributed by atoms with E-state index in [4.69, 9.17) is 21.1 Å². The summed E-state index contributed by atoms with van der Waals surface area (Å²) in [5.74, 6) is -0.216. The van der Waals surface area contributed by atoms with E-state index < -0.39 is 0 Å².